The highest BCUT2D eigenvalue weighted by Crippen LogP contribution is 2.25. The molecule has 96 valence electrons. The lowest BCUT2D eigenvalue weighted by Crippen LogP contribution is -2.45. The number of primary amides is 1. The zero-order valence-corrected chi connectivity index (χ0v) is 9.97. The fourth-order valence-electron chi connectivity index (χ4n) is 2.10. The Hall–Kier alpha value is -2.24. The number of carbonyl (C=O) groups is 2. The Morgan fingerprint density at radius 3 is 2.67 bits per heavy atom. The molecule has 1 aromatic rings. The van der Waals surface area contributed by atoms with Gasteiger partial charge in [0.2, 0.25) is 5.91 Å². The van der Waals surface area contributed by atoms with E-state index in [4.69, 9.17) is 10.5 Å². The fraction of sp³-hybridized carbons (Fsp3) is 0.333. The predicted molar refractivity (Wildman–Crippen MR) is 65.3 cm³/mol. The van der Waals surface area contributed by atoms with Crippen LogP contribution in [0.25, 0.3) is 0 Å². The molecule has 2 unspecified atom stereocenters. The molecule has 1 heterocycles. The Balaban J connectivity index is 2.19. The molecule has 1 aliphatic rings. The first-order chi connectivity index (χ1) is 8.61. The molecule has 6 nitrogen and oxygen atoms in total. The van der Waals surface area contributed by atoms with Crippen molar-refractivity contribution in [1.82, 2.24) is 10.6 Å². The molecule has 18 heavy (non-hydrogen) atoms. The summed E-state index contributed by atoms with van der Waals surface area (Å²) in [6.07, 6.45) is 0. The van der Waals surface area contributed by atoms with Gasteiger partial charge in [-0.1, -0.05) is 12.1 Å². The van der Waals surface area contributed by atoms with Gasteiger partial charge in [0, 0.05) is 12.5 Å². The topological polar surface area (TPSA) is 93.4 Å². The summed E-state index contributed by atoms with van der Waals surface area (Å²) < 4.78 is 5.07. The van der Waals surface area contributed by atoms with E-state index in [1.54, 1.807) is 7.11 Å². The summed E-state index contributed by atoms with van der Waals surface area (Å²) in [6, 6.07) is 6.07. The van der Waals surface area contributed by atoms with Crippen LogP contribution in [0.4, 0.5) is 4.79 Å². The number of benzene rings is 1. The maximum Gasteiger partial charge on any atom is 0.312 e. The first kappa shape index (κ1) is 12.2. The maximum absolute atomic E-state index is 11.6. The molecular weight excluding hydrogens is 234 g/mol. The standard InChI is InChI=1S/C12H15N3O3/c1-18-8-4-2-7(3-5-8)9-6-14-11(16)10(9)15-12(13)17/h2-5,9-10H,6H2,1H3,(H,14,16)(H3,13,15,17). The molecular formula is C12H15N3O3. The number of hydrogen-bond acceptors (Lipinski definition) is 3. The van der Waals surface area contributed by atoms with Gasteiger partial charge in [0.1, 0.15) is 11.8 Å². The second kappa shape index (κ2) is 4.95. The van der Waals surface area contributed by atoms with Gasteiger partial charge in [0.15, 0.2) is 0 Å². The highest BCUT2D eigenvalue weighted by molar-refractivity contribution is 5.89. The summed E-state index contributed by atoms with van der Waals surface area (Å²) >= 11 is 0. The van der Waals surface area contributed by atoms with Crippen LogP contribution in [-0.2, 0) is 4.79 Å². The van der Waals surface area contributed by atoms with E-state index in [-0.39, 0.29) is 11.8 Å². The Morgan fingerprint density at radius 1 is 1.44 bits per heavy atom. The van der Waals surface area contributed by atoms with Crippen molar-refractivity contribution < 1.29 is 14.3 Å². The van der Waals surface area contributed by atoms with Crippen LogP contribution in [0.5, 0.6) is 5.75 Å². The van der Waals surface area contributed by atoms with E-state index in [0.717, 1.165) is 11.3 Å². The molecule has 0 saturated carbocycles. The second-order valence-corrected chi connectivity index (χ2v) is 4.11. The number of hydrogen-bond donors (Lipinski definition) is 3. The first-order valence-corrected chi connectivity index (χ1v) is 5.59. The number of rotatable bonds is 3. The molecule has 0 radical (unpaired) electrons. The van der Waals surface area contributed by atoms with Gasteiger partial charge in [-0.15, -0.1) is 0 Å². The quantitative estimate of drug-likeness (QED) is 0.701. The minimum absolute atomic E-state index is 0.115. The zero-order chi connectivity index (χ0) is 13.1. The van der Waals surface area contributed by atoms with Crippen LogP contribution in [0.1, 0.15) is 11.5 Å². The van der Waals surface area contributed by atoms with E-state index < -0.39 is 12.1 Å². The van der Waals surface area contributed by atoms with Crippen molar-refractivity contribution in [3.05, 3.63) is 29.8 Å². The highest BCUT2D eigenvalue weighted by atomic mass is 16.5. The van der Waals surface area contributed by atoms with Gasteiger partial charge in [-0.05, 0) is 17.7 Å². The van der Waals surface area contributed by atoms with Gasteiger partial charge >= 0.3 is 6.03 Å². The zero-order valence-electron chi connectivity index (χ0n) is 9.97. The summed E-state index contributed by atoms with van der Waals surface area (Å²) in [5.74, 6) is 0.418. The van der Waals surface area contributed by atoms with Gasteiger partial charge < -0.3 is 21.1 Å². The van der Waals surface area contributed by atoms with Gasteiger partial charge in [-0.25, -0.2) is 4.79 Å². The molecule has 0 bridgehead atoms. The highest BCUT2D eigenvalue weighted by Gasteiger charge is 2.36. The average molecular weight is 249 g/mol. The summed E-state index contributed by atoms with van der Waals surface area (Å²) in [6.45, 7) is 0.482. The van der Waals surface area contributed by atoms with Crippen LogP contribution < -0.4 is 21.1 Å². The van der Waals surface area contributed by atoms with E-state index in [1.165, 1.54) is 0 Å². The van der Waals surface area contributed by atoms with Crippen molar-refractivity contribution in [2.24, 2.45) is 5.73 Å². The molecule has 1 fully saturated rings. The van der Waals surface area contributed by atoms with Crippen LogP contribution in [-0.4, -0.2) is 31.6 Å². The number of nitrogens with two attached hydrogens (primary N) is 1. The fourth-order valence-corrected chi connectivity index (χ4v) is 2.10. The van der Waals surface area contributed by atoms with Crippen LogP contribution in [0, 0.1) is 0 Å². The van der Waals surface area contributed by atoms with Crippen LogP contribution in [0.2, 0.25) is 0 Å². The smallest absolute Gasteiger partial charge is 0.312 e. The van der Waals surface area contributed by atoms with Crippen molar-refractivity contribution in [2.75, 3.05) is 13.7 Å². The van der Waals surface area contributed by atoms with E-state index in [1.807, 2.05) is 24.3 Å². The molecule has 0 aliphatic carbocycles. The lowest BCUT2D eigenvalue weighted by atomic mass is 9.94. The average Bonchev–Trinajstić information content (AvgIpc) is 2.71. The number of nitrogens with one attached hydrogen (secondary N) is 2. The summed E-state index contributed by atoms with van der Waals surface area (Å²) in [4.78, 5) is 22.5. The molecule has 6 heteroatoms. The SMILES string of the molecule is COc1ccc(C2CNC(=O)C2NC(N)=O)cc1. The normalized spacial score (nSPS) is 22.4. The molecule has 2 atom stereocenters. The predicted octanol–water partition coefficient (Wildman–Crippen LogP) is -0.0545. The Kier molecular flexibility index (Phi) is 3.36. The summed E-state index contributed by atoms with van der Waals surface area (Å²) in [7, 11) is 1.59. The number of amides is 3. The number of methoxy groups -OCH3 is 1. The van der Waals surface area contributed by atoms with Crippen LogP contribution in [0.3, 0.4) is 0 Å². The molecule has 3 amide bonds. The number of carbonyl (C=O) groups excluding carboxylic acids is 2. The van der Waals surface area contributed by atoms with Gasteiger partial charge in [0.05, 0.1) is 7.11 Å². The van der Waals surface area contributed by atoms with Crippen LogP contribution >= 0.6 is 0 Å². The third-order valence-corrected chi connectivity index (χ3v) is 3.02. The molecule has 1 aromatic carbocycles. The molecule has 1 saturated heterocycles. The van der Waals surface area contributed by atoms with Gasteiger partial charge in [-0.2, -0.15) is 0 Å². The third kappa shape index (κ3) is 2.37. The van der Waals surface area contributed by atoms with Crippen molar-refractivity contribution in [2.45, 2.75) is 12.0 Å². The molecule has 1 aliphatic heterocycles. The molecule has 0 aromatic heterocycles. The Morgan fingerprint density at radius 2 is 2.11 bits per heavy atom. The van der Waals surface area contributed by atoms with Gasteiger partial charge in [-0.3, -0.25) is 4.79 Å². The van der Waals surface area contributed by atoms with E-state index in [0.29, 0.717) is 6.54 Å². The lowest BCUT2D eigenvalue weighted by Gasteiger charge is -2.17. The van der Waals surface area contributed by atoms with Crippen molar-refractivity contribution in [3.8, 4) is 5.75 Å². The van der Waals surface area contributed by atoms with Gasteiger partial charge in [0.25, 0.3) is 0 Å². The Labute approximate surface area is 104 Å². The number of urea groups is 1. The van der Waals surface area contributed by atoms with E-state index in [9.17, 15) is 9.59 Å². The van der Waals surface area contributed by atoms with E-state index >= 15 is 0 Å². The Bertz CT molecular complexity index is 458. The van der Waals surface area contributed by atoms with Crippen molar-refractivity contribution in [3.63, 3.8) is 0 Å². The molecule has 2 rings (SSSR count). The van der Waals surface area contributed by atoms with Crippen molar-refractivity contribution in [1.29, 1.82) is 0 Å². The molecule has 4 N–H and O–H groups in total. The second-order valence-electron chi connectivity index (χ2n) is 4.11. The summed E-state index contributed by atoms with van der Waals surface area (Å²) in [5.41, 5.74) is 6.02. The van der Waals surface area contributed by atoms with E-state index in [2.05, 4.69) is 10.6 Å². The van der Waals surface area contributed by atoms with Crippen LogP contribution in [0.15, 0.2) is 24.3 Å². The summed E-state index contributed by atoms with van der Waals surface area (Å²) in [5, 5.41) is 5.18. The largest absolute Gasteiger partial charge is 0.497 e. The van der Waals surface area contributed by atoms with Crippen molar-refractivity contribution >= 4 is 11.9 Å². The third-order valence-electron chi connectivity index (χ3n) is 3.02. The maximum atomic E-state index is 11.6. The first-order valence-electron chi connectivity index (χ1n) is 5.59. The molecule has 0 spiro atoms. The monoisotopic (exact) mass is 249 g/mol. The minimum Gasteiger partial charge on any atom is -0.497 e. The minimum atomic E-state index is -0.699. The lowest BCUT2D eigenvalue weighted by molar-refractivity contribution is -0.120. The number of ether oxygens (including phenoxy) is 1.